The number of sulfonamides is 1. The molecule has 0 aliphatic heterocycles. The Morgan fingerprint density at radius 3 is 2.66 bits per heavy atom. The maximum absolute atomic E-state index is 12.7. The number of carbonyl (C=O) groups excluding carboxylic acids is 1. The van der Waals surface area contributed by atoms with Gasteiger partial charge in [-0.3, -0.25) is 4.99 Å². The Morgan fingerprint density at radius 1 is 1.22 bits per heavy atom. The Labute approximate surface area is 193 Å². The molecule has 0 aliphatic carbocycles. The highest BCUT2D eigenvalue weighted by Crippen LogP contribution is 2.16. The Hall–Kier alpha value is -2.50. The molecule has 11 heteroatoms. The first-order chi connectivity index (χ1) is 15.2. The lowest BCUT2D eigenvalue weighted by Crippen LogP contribution is -2.41. The van der Waals surface area contributed by atoms with E-state index in [1.807, 2.05) is 31.1 Å². The largest absolute Gasteiger partial charge is 0.464 e. The number of esters is 1. The fourth-order valence-corrected chi connectivity index (χ4v) is 4.49. The van der Waals surface area contributed by atoms with Crippen LogP contribution in [0.15, 0.2) is 50.7 Å². The van der Waals surface area contributed by atoms with Crippen molar-refractivity contribution in [1.82, 2.24) is 14.9 Å². The Bertz CT molecular complexity index is 1020. The van der Waals surface area contributed by atoms with Crippen LogP contribution in [0.5, 0.6) is 0 Å². The minimum absolute atomic E-state index is 0.0493. The van der Waals surface area contributed by atoms with E-state index in [4.69, 9.17) is 9.15 Å². The second kappa shape index (κ2) is 12.5. The number of guanidine groups is 1. The third kappa shape index (κ3) is 8.21. The lowest BCUT2D eigenvalue weighted by atomic mass is 10.2. The molecule has 1 aromatic carbocycles. The molecule has 0 saturated heterocycles. The van der Waals surface area contributed by atoms with Gasteiger partial charge in [0.1, 0.15) is 11.5 Å². The Balaban J connectivity index is 1.83. The van der Waals surface area contributed by atoms with Crippen LogP contribution in [-0.2, 0) is 27.1 Å². The molecule has 1 aromatic heterocycles. The summed E-state index contributed by atoms with van der Waals surface area (Å²) in [5.74, 6) is 2.82. The van der Waals surface area contributed by atoms with Crippen molar-refractivity contribution in [3.05, 3.63) is 53.5 Å². The molecular weight excluding hydrogens is 452 g/mol. The number of rotatable bonds is 11. The fourth-order valence-electron chi connectivity index (χ4n) is 2.66. The Kier molecular flexibility index (Phi) is 10.1. The smallest absolute Gasteiger partial charge is 0.338 e. The van der Waals surface area contributed by atoms with Gasteiger partial charge < -0.3 is 19.4 Å². The minimum atomic E-state index is -3.91. The molecule has 0 atom stereocenters. The minimum Gasteiger partial charge on any atom is -0.464 e. The van der Waals surface area contributed by atoms with Gasteiger partial charge >= 0.3 is 5.97 Å². The van der Waals surface area contributed by atoms with Crippen LogP contribution >= 0.6 is 11.8 Å². The van der Waals surface area contributed by atoms with Crippen LogP contribution in [0, 0.1) is 0 Å². The zero-order chi connectivity index (χ0) is 23.6. The lowest BCUT2D eigenvalue weighted by Gasteiger charge is -2.13. The predicted octanol–water partition coefficient (Wildman–Crippen LogP) is 2.31. The lowest BCUT2D eigenvalue weighted by molar-refractivity contribution is 0.0526. The van der Waals surface area contributed by atoms with Crippen molar-refractivity contribution in [2.75, 3.05) is 40.0 Å². The average Bonchev–Trinajstić information content (AvgIpc) is 3.19. The highest BCUT2D eigenvalue weighted by molar-refractivity contribution is 7.98. The number of aliphatic imine (C=N–C) groups is 1. The van der Waals surface area contributed by atoms with Crippen molar-refractivity contribution in [3.63, 3.8) is 0 Å². The van der Waals surface area contributed by atoms with Gasteiger partial charge in [-0.1, -0.05) is 6.07 Å². The van der Waals surface area contributed by atoms with Crippen molar-refractivity contribution in [1.29, 1.82) is 0 Å². The van der Waals surface area contributed by atoms with Crippen LogP contribution in [-0.4, -0.2) is 65.3 Å². The van der Waals surface area contributed by atoms with E-state index in [1.165, 1.54) is 31.3 Å². The zero-order valence-electron chi connectivity index (χ0n) is 18.8. The van der Waals surface area contributed by atoms with Gasteiger partial charge in [-0.05, 0) is 51.4 Å². The van der Waals surface area contributed by atoms with Gasteiger partial charge in [0, 0.05) is 19.3 Å². The summed E-state index contributed by atoms with van der Waals surface area (Å²) in [5, 5.41) is 2.98. The highest BCUT2D eigenvalue weighted by atomic mass is 32.2. The van der Waals surface area contributed by atoms with Gasteiger partial charge in [0.05, 0.1) is 29.4 Å². The van der Waals surface area contributed by atoms with Crippen molar-refractivity contribution in [2.45, 2.75) is 24.1 Å². The van der Waals surface area contributed by atoms with Crippen molar-refractivity contribution in [3.8, 4) is 0 Å². The topological polar surface area (TPSA) is 113 Å². The van der Waals surface area contributed by atoms with Gasteiger partial charge in [0.15, 0.2) is 0 Å². The second-order valence-corrected chi connectivity index (χ2v) is 9.80. The molecule has 0 fully saturated rings. The van der Waals surface area contributed by atoms with E-state index in [1.54, 1.807) is 18.7 Å². The van der Waals surface area contributed by atoms with Crippen LogP contribution in [0.2, 0.25) is 0 Å². The summed E-state index contributed by atoms with van der Waals surface area (Å²) in [5.41, 5.74) is 0.167. The maximum atomic E-state index is 12.7. The molecule has 0 aliphatic rings. The van der Waals surface area contributed by atoms with Crippen LogP contribution < -0.4 is 10.0 Å². The molecule has 0 unspecified atom stereocenters. The van der Waals surface area contributed by atoms with Gasteiger partial charge in [-0.25, -0.2) is 17.9 Å². The first-order valence-electron chi connectivity index (χ1n) is 10.1. The molecule has 176 valence electrons. The quantitative estimate of drug-likeness (QED) is 0.217. The first kappa shape index (κ1) is 25.8. The molecule has 0 saturated carbocycles. The van der Waals surface area contributed by atoms with Crippen LogP contribution in [0.4, 0.5) is 0 Å². The van der Waals surface area contributed by atoms with E-state index in [-0.39, 0.29) is 23.0 Å². The standard InChI is InChI=1S/C21H30N4O5S2/c1-5-29-20(26)16-7-6-8-19(13-16)32(27,28)24-21(22-2)23-11-12-31-15-18-10-9-17(30-18)14-25(3)4/h6-10,13H,5,11-12,14-15H2,1-4H3,(H2,22,23,24). The highest BCUT2D eigenvalue weighted by Gasteiger charge is 2.18. The number of thioether (sulfide) groups is 1. The van der Waals surface area contributed by atoms with Crippen molar-refractivity contribution in [2.24, 2.45) is 4.99 Å². The summed E-state index contributed by atoms with van der Waals surface area (Å²) in [6.45, 7) is 3.16. The van der Waals surface area contributed by atoms with Crippen LogP contribution in [0.25, 0.3) is 0 Å². The van der Waals surface area contributed by atoms with E-state index >= 15 is 0 Å². The number of hydrogen-bond acceptors (Lipinski definition) is 8. The number of ether oxygens (including phenoxy) is 1. The third-order valence-corrected chi connectivity index (χ3v) is 6.40. The molecule has 0 bridgehead atoms. The molecule has 0 amide bonds. The molecule has 9 nitrogen and oxygen atoms in total. The molecular formula is C21H30N4O5S2. The fraction of sp³-hybridized carbons (Fsp3) is 0.429. The molecule has 2 aromatic rings. The van der Waals surface area contributed by atoms with Gasteiger partial charge in [-0.15, -0.1) is 0 Å². The monoisotopic (exact) mass is 482 g/mol. The molecule has 2 N–H and O–H groups in total. The zero-order valence-corrected chi connectivity index (χ0v) is 20.4. The van der Waals surface area contributed by atoms with Crippen molar-refractivity contribution >= 4 is 33.7 Å². The summed E-state index contributed by atoms with van der Waals surface area (Å²) in [4.78, 5) is 17.8. The number of nitrogens with zero attached hydrogens (tertiary/aromatic N) is 2. The number of carbonyl (C=O) groups is 1. The maximum Gasteiger partial charge on any atom is 0.338 e. The number of benzene rings is 1. The second-order valence-electron chi connectivity index (χ2n) is 7.01. The van der Waals surface area contributed by atoms with E-state index in [0.717, 1.165) is 29.6 Å². The van der Waals surface area contributed by atoms with Gasteiger partial charge in [-0.2, -0.15) is 11.8 Å². The van der Waals surface area contributed by atoms with Gasteiger partial charge in [0.2, 0.25) is 5.96 Å². The molecule has 2 rings (SSSR count). The first-order valence-corrected chi connectivity index (χ1v) is 12.7. The number of hydrogen-bond donors (Lipinski definition) is 2. The SMILES string of the molecule is CCOC(=O)c1cccc(S(=O)(=O)NC(=NC)NCCSCc2ccc(CN(C)C)o2)c1. The average molecular weight is 483 g/mol. The molecule has 1 heterocycles. The molecule has 0 spiro atoms. The van der Waals surface area contributed by atoms with E-state index in [2.05, 4.69) is 15.0 Å². The summed E-state index contributed by atoms with van der Waals surface area (Å²) in [6, 6.07) is 9.62. The van der Waals surface area contributed by atoms with Crippen LogP contribution in [0.3, 0.4) is 0 Å². The number of furan rings is 1. The summed E-state index contributed by atoms with van der Waals surface area (Å²) < 4.78 is 38.5. The Morgan fingerprint density at radius 2 is 1.97 bits per heavy atom. The number of nitrogens with one attached hydrogen (secondary N) is 2. The summed E-state index contributed by atoms with van der Waals surface area (Å²) in [6.07, 6.45) is 0. The molecule has 32 heavy (non-hydrogen) atoms. The van der Waals surface area contributed by atoms with Crippen LogP contribution in [0.1, 0.15) is 28.8 Å². The van der Waals surface area contributed by atoms with E-state index in [0.29, 0.717) is 6.54 Å². The van der Waals surface area contributed by atoms with E-state index < -0.39 is 16.0 Å². The summed E-state index contributed by atoms with van der Waals surface area (Å²) in [7, 11) is 1.55. The predicted molar refractivity (Wildman–Crippen MR) is 126 cm³/mol. The summed E-state index contributed by atoms with van der Waals surface area (Å²) >= 11 is 1.66. The van der Waals surface area contributed by atoms with Gasteiger partial charge in [0.25, 0.3) is 10.0 Å². The third-order valence-electron chi connectivity index (χ3n) is 4.08. The molecule has 0 radical (unpaired) electrons. The normalized spacial score (nSPS) is 12.1. The van der Waals surface area contributed by atoms with E-state index in [9.17, 15) is 13.2 Å². The van der Waals surface area contributed by atoms with Crippen molar-refractivity contribution < 1.29 is 22.4 Å².